The average Bonchev–Trinajstić information content (AvgIpc) is 2.48. The van der Waals surface area contributed by atoms with Crippen LogP contribution in [0, 0.1) is 5.92 Å². The van der Waals surface area contributed by atoms with Gasteiger partial charge in [0, 0.05) is 12.1 Å². The molecule has 1 aromatic rings. The molecule has 0 spiro atoms. The number of carbonyl (C=O) groups excluding carboxylic acids is 1. The molecule has 1 aliphatic carbocycles. The summed E-state index contributed by atoms with van der Waals surface area (Å²) < 4.78 is 5.36. The van der Waals surface area contributed by atoms with Crippen molar-refractivity contribution in [3.63, 3.8) is 0 Å². The number of carbonyl (C=O) groups is 1. The predicted molar refractivity (Wildman–Crippen MR) is 82.3 cm³/mol. The lowest BCUT2D eigenvalue weighted by atomic mass is 9.87. The van der Waals surface area contributed by atoms with E-state index in [2.05, 4.69) is 5.32 Å². The van der Waals surface area contributed by atoms with Crippen LogP contribution in [-0.4, -0.2) is 30.3 Å². The van der Waals surface area contributed by atoms with E-state index in [1.54, 1.807) is 18.2 Å². The van der Waals surface area contributed by atoms with Crippen LogP contribution in [-0.2, 0) is 0 Å². The maximum atomic E-state index is 12.1. The largest absolute Gasteiger partial charge is 0.492 e. The van der Waals surface area contributed by atoms with Crippen molar-refractivity contribution in [2.75, 3.05) is 18.9 Å². The Morgan fingerprint density at radius 3 is 2.71 bits per heavy atom. The van der Waals surface area contributed by atoms with Crippen molar-refractivity contribution < 1.29 is 14.6 Å². The molecule has 5 nitrogen and oxygen atoms in total. The Morgan fingerprint density at radius 1 is 1.38 bits per heavy atom. The first-order valence-corrected chi connectivity index (χ1v) is 7.58. The van der Waals surface area contributed by atoms with E-state index in [0.29, 0.717) is 36.1 Å². The molecular formula is C16H24N2O3. The molecule has 0 aliphatic heterocycles. The molecule has 0 aromatic heterocycles. The summed E-state index contributed by atoms with van der Waals surface area (Å²) in [6.07, 6.45) is 3.43. The molecule has 116 valence electrons. The minimum absolute atomic E-state index is 0.115. The minimum Gasteiger partial charge on any atom is -0.492 e. The summed E-state index contributed by atoms with van der Waals surface area (Å²) in [6.45, 7) is 3.09. The molecular weight excluding hydrogens is 268 g/mol. The number of hydrogen-bond donors (Lipinski definition) is 3. The molecule has 0 atom stereocenters. The molecule has 0 bridgehead atoms. The standard InChI is InChI=1S/C16H24N2O3/c1-2-21-15-8-5-12(9-14(15)17)16(20)18-10-11-3-6-13(19)7-4-11/h5,8-9,11,13,19H,2-4,6-7,10,17H2,1H3,(H,18,20). The molecule has 1 aromatic carbocycles. The first kappa shape index (κ1) is 15.6. The van der Waals surface area contributed by atoms with Crippen LogP contribution in [0.3, 0.4) is 0 Å². The second kappa shape index (κ2) is 7.31. The van der Waals surface area contributed by atoms with Gasteiger partial charge in [-0.25, -0.2) is 0 Å². The molecule has 0 saturated heterocycles. The highest BCUT2D eigenvalue weighted by Gasteiger charge is 2.20. The van der Waals surface area contributed by atoms with Gasteiger partial charge in [0.05, 0.1) is 18.4 Å². The third-order valence-corrected chi connectivity index (χ3v) is 3.94. The molecule has 5 heteroatoms. The summed E-state index contributed by atoms with van der Waals surface area (Å²) in [5, 5.41) is 12.4. The van der Waals surface area contributed by atoms with Gasteiger partial charge in [-0.05, 0) is 56.7 Å². The van der Waals surface area contributed by atoms with E-state index in [1.165, 1.54) is 0 Å². The topological polar surface area (TPSA) is 84.6 Å². The van der Waals surface area contributed by atoms with Crippen LogP contribution < -0.4 is 15.8 Å². The molecule has 2 rings (SSSR count). The number of nitrogens with two attached hydrogens (primary N) is 1. The highest BCUT2D eigenvalue weighted by molar-refractivity contribution is 5.95. The number of anilines is 1. The van der Waals surface area contributed by atoms with Crippen molar-refractivity contribution in [3.8, 4) is 5.75 Å². The van der Waals surface area contributed by atoms with Gasteiger partial charge >= 0.3 is 0 Å². The monoisotopic (exact) mass is 292 g/mol. The van der Waals surface area contributed by atoms with Crippen LogP contribution in [0.5, 0.6) is 5.75 Å². The summed E-state index contributed by atoms with van der Waals surface area (Å²) in [7, 11) is 0. The van der Waals surface area contributed by atoms with E-state index >= 15 is 0 Å². The van der Waals surface area contributed by atoms with E-state index in [-0.39, 0.29) is 12.0 Å². The summed E-state index contributed by atoms with van der Waals surface area (Å²) in [5.74, 6) is 0.948. The molecule has 0 radical (unpaired) electrons. The average molecular weight is 292 g/mol. The molecule has 1 fully saturated rings. The van der Waals surface area contributed by atoms with E-state index < -0.39 is 0 Å². The molecule has 1 amide bonds. The smallest absolute Gasteiger partial charge is 0.251 e. The summed E-state index contributed by atoms with van der Waals surface area (Å²) in [4.78, 5) is 12.1. The van der Waals surface area contributed by atoms with Crippen molar-refractivity contribution in [2.24, 2.45) is 5.92 Å². The van der Waals surface area contributed by atoms with Crippen LogP contribution >= 0.6 is 0 Å². The van der Waals surface area contributed by atoms with Crippen LogP contribution in [0.2, 0.25) is 0 Å². The van der Waals surface area contributed by atoms with Crippen molar-refractivity contribution in [2.45, 2.75) is 38.7 Å². The van der Waals surface area contributed by atoms with Gasteiger partial charge < -0.3 is 20.9 Å². The molecule has 21 heavy (non-hydrogen) atoms. The second-order valence-corrected chi connectivity index (χ2v) is 5.57. The maximum absolute atomic E-state index is 12.1. The Hall–Kier alpha value is -1.75. The molecule has 0 heterocycles. The van der Waals surface area contributed by atoms with E-state index in [9.17, 15) is 9.90 Å². The number of benzene rings is 1. The Balaban J connectivity index is 1.87. The number of aliphatic hydroxyl groups is 1. The first-order chi connectivity index (χ1) is 10.1. The number of ether oxygens (including phenoxy) is 1. The summed E-state index contributed by atoms with van der Waals surface area (Å²) in [5.41, 5.74) is 6.89. The van der Waals surface area contributed by atoms with Crippen molar-refractivity contribution in [1.82, 2.24) is 5.32 Å². The van der Waals surface area contributed by atoms with Gasteiger partial charge in [-0.2, -0.15) is 0 Å². The zero-order valence-electron chi connectivity index (χ0n) is 12.5. The zero-order chi connectivity index (χ0) is 15.2. The fraction of sp³-hybridized carbons (Fsp3) is 0.562. The number of rotatable bonds is 5. The van der Waals surface area contributed by atoms with E-state index in [1.807, 2.05) is 6.92 Å². The third kappa shape index (κ3) is 4.36. The van der Waals surface area contributed by atoms with Crippen molar-refractivity contribution in [1.29, 1.82) is 0 Å². The Bertz CT molecular complexity index is 482. The number of aliphatic hydroxyl groups excluding tert-OH is 1. The Kier molecular flexibility index (Phi) is 5.44. The molecule has 4 N–H and O–H groups in total. The van der Waals surface area contributed by atoms with Crippen LogP contribution in [0.15, 0.2) is 18.2 Å². The van der Waals surface area contributed by atoms with Crippen LogP contribution in [0.4, 0.5) is 5.69 Å². The maximum Gasteiger partial charge on any atom is 0.251 e. The quantitative estimate of drug-likeness (QED) is 0.724. The van der Waals surface area contributed by atoms with E-state index in [4.69, 9.17) is 10.5 Å². The minimum atomic E-state index is -0.164. The van der Waals surface area contributed by atoms with E-state index in [0.717, 1.165) is 25.7 Å². The number of nitrogens with one attached hydrogen (secondary N) is 1. The van der Waals surface area contributed by atoms with Gasteiger partial charge in [0.2, 0.25) is 0 Å². The summed E-state index contributed by atoms with van der Waals surface area (Å²) in [6, 6.07) is 5.09. The van der Waals surface area contributed by atoms with Gasteiger partial charge in [0.25, 0.3) is 5.91 Å². The van der Waals surface area contributed by atoms with Crippen molar-refractivity contribution in [3.05, 3.63) is 23.8 Å². The highest BCUT2D eigenvalue weighted by Crippen LogP contribution is 2.24. The number of amides is 1. The summed E-state index contributed by atoms with van der Waals surface area (Å²) >= 11 is 0. The normalized spacial score (nSPS) is 21.8. The first-order valence-electron chi connectivity index (χ1n) is 7.58. The highest BCUT2D eigenvalue weighted by atomic mass is 16.5. The molecule has 0 unspecified atom stereocenters. The molecule has 1 aliphatic rings. The van der Waals surface area contributed by atoms with Gasteiger partial charge in [-0.15, -0.1) is 0 Å². The Morgan fingerprint density at radius 2 is 2.10 bits per heavy atom. The molecule has 1 saturated carbocycles. The third-order valence-electron chi connectivity index (χ3n) is 3.94. The van der Waals surface area contributed by atoms with Gasteiger partial charge in [0.15, 0.2) is 0 Å². The van der Waals surface area contributed by atoms with Crippen LogP contribution in [0.1, 0.15) is 43.0 Å². The number of nitrogen functional groups attached to an aromatic ring is 1. The number of hydrogen-bond acceptors (Lipinski definition) is 4. The van der Waals surface area contributed by atoms with Gasteiger partial charge in [0.1, 0.15) is 5.75 Å². The lowest BCUT2D eigenvalue weighted by molar-refractivity contribution is 0.0910. The van der Waals surface area contributed by atoms with Gasteiger partial charge in [-0.1, -0.05) is 0 Å². The lowest BCUT2D eigenvalue weighted by Crippen LogP contribution is -2.32. The lowest BCUT2D eigenvalue weighted by Gasteiger charge is -2.25. The van der Waals surface area contributed by atoms with Crippen molar-refractivity contribution >= 4 is 11.6 Å². The van der Waals surface area contributed by atoms with Crippen LogP contribution in [0.25, 0.3) is 0 Å². The Labute approximate surface area is 125 Å². The SMILES string of the molecule is CCOc1ccc(C(=O)NCC2CCC(O)CC2)cc1N. The second-order valence-electron chi connectivity index (χ2n) is 5.57. The fourth-order valence-electron chi connectivity index (χ4n) is 2.66. The zero-order valence-corrected chi connectivity index (χ0v) is 12.5. The predicted octanol–water partition coefficient (Wildman–Crippen LogP) is 1.95. The fourth-order valence-corrected chi connectivity index (χ4v) is 2.66. The van der Waals surface area contributed by atoms with Gasteiger partial charge in [-0.3, -0.25) is 4.79 Å².